The van der Waals surface area contributed by atoms with Crippen LogP contribution in [0.25, 0.3) is 0 Å². The minimum atomic E-state index is -4.59. The number of piperidine rings is 1. The Morgan fingerprint density at radius 2 is 1.96 bits per heavy atom. The summed E-state index contributed by atoms with van der Waals surface area (Å²) >= 11 is 0. The number of hydrogen-bond acceptors (Lipinski definition) is 4. The van der Waals surface area contributed by atoms with Gasteiger partial charge >= 0.3 is 12.1 Å². The number of likely N-dealkylation sites (tertiary alicyclic amines) is 1. The Kier molecular flexibility index (Phi) is 4.96. The Labute approximate surface area is 131 Å². The number of aryl methyl sites for hydroxylation is 1. The summed E-state index contributed by atoms with van der Waals surface area (Å²) in [6.07, 6.45) is -3.71. The molecule has 1 aromatic rings. The predicted octanol–water partition coefficient (Wildman–Crippen LogP) is 1.85. The van der Waals surface area contributed by atoms with Crippen molar-refractivity contribution >= 4 is 11.9 Å². The van der Waals surface area contributed by atoms with Crippen LogP contribution in [0.1, 0.15) is 35.9 Å². The highest BCUT2D eigenvalue weighted by atomic mass is 19.4. The maximum Gasteiger partial charge on any atom is 0.435 e. The van der Waals surface area contributed by atoms with E-state index in [1.54, 1.807) is 6.92 Å². The summed E-state index contributed by atoms with van der Waals surface area (Å²) in [5.41, 5.74) is -1.21. The van der Waals surface area contributed by atoms with E-state index in [0.29, 0.717) is 32.5 Å². The summed E-state index contributed by atoms with van der Waals surface area (Å²) in [6.45, 7) is 2.62. The van der Waals surface area contributed by atoms with Gasteiger partial charge in [-0.2, -0.15) is 18.3 Å². The van der Waals surface area contributed by atoms with Gasteiger partial charge in [0.2, 0.25) is 0 Å². The molecule has 1 saturated heterocycles. The SMILES string of the molecule is CCOC(=O)C1CCN(C(=O)c2cc(C(F)(F)F)nn2C)CC1. The minimum absolute atomic E-state index is 0.119. The smallest absolute Gasteiger partial charge is 0.435 e. The Morgan fingerprint density at radius 1 is 1.35 bits per heavy atom. The highest BCUT2D eigenvalue weighted by Gasteiger charge is 2.36. The fraction of sp³-hybridized carbons (Fsp3) is 0.643. The van der Waals surface area contributed by atoms with Crippen LogP contribution in [-0.2, 0) is 22.8 Å². The molecule has 1 fully saturated rings. The lowest BCUT2D eigenvalue weighted by atomic mass is 9.97. The summed E-state index contributed by atoms with van der Waals surface area (Å²) in [7, 11) is 1.30. The third kappa shape index (κ3) is 3.83. The van der Waals surface area contributed by atoms with Crippen molar-refractivity contribution in [3.63, 3.8) is 0 Å². The van der Waals surface area contributed by atoms with E-state index >= 15 is 0 Å². The zero-order valence-corrected chi connectivity index (χ0v) is 12.9. The first-order chi connectivity index (χ1) is 10.7. The molecule has 0 radical (unpaired) electrons. The van der Waals surface area contributed by atoms with Gasteiger partial charge in [-0.05, 0) is 19.8 Å². The van der Waals surface area contributed by atoms with Crippen LogP contribution in [0.4, 0.5) is 13.2 Å². The zero-order valence-electron chi connectivity index (χ0n) is 12.9. The number of esters is 1. The molecule has 0 unspecified atom stereocenters. The number of aromatic nitrogens is 2. The van der Waals surface area contributed by atoms with Crippen molar-refractivity contribution < 1.29 is 27.5 Å². The fourth-order valence-corrected chi connectivity index (χ4v) is 2.55. The minimum Gasteiger partial charge on any atom is -0.466 e. The zero-order chi connectivity index (χ0) is 17.2. The van der Waals surface area contributed by atoms with Gasteiger partial charge in [0.05, 0.1) is 12.5 Å². The first-order valence-corrected chi connectivity index (χ1v) is 7.31. The topological polar surface area (TPSA) is 64.4 Å². The number of amides is 1. The molecule has 9 heteroatoms. The molecule has 0 atom stereocenters. The summed E-state index contributed by atoms with van der Waals surface area (Å²) in [6, 6.07) is 0.750. The number of nitrogens with zero attached hydrogens (tertiary/aromatic N) is 3. The highest BCUT2D eigenvalue weighted by Crippen LogP contribution is 2.29. The first-order valence-electron chi connectivity index (χ1n) is 7.31. The summed E-state index contributed by atoms with van der Waals surface area (Å²) in [5, 5.41) is 3.34. The van der Waals surface area contributed by atoms with E-state index in [4.69, 9.17) is 4.74 Å². The molecule has 23 heavy (non-hydrogen) atoms. The van der Waals surface area contributed by atoms with Gasteiger partial charge in [-0.15, -0.1) is 0 Å². The molecular weight excluding hydrogens is 315 g/mol. The van der Waals surface area contributed by atoms with E-state index in [1.807, 2.05) is 0 Å². The van der Waals surface area contributed by atoms with Crippen molar-refractivity contribution in [2.75, 3.05) is 19.7 Å². The molecule has 1 aliphatic heterocycles. The van der Waals surface area contributed by atoms with Crippen molar-refractivity contribution in [3.8, 4) is 0 Å². The van der Waals surface area contributed by atoms with Crippen molar-refractivity contribution in [3.05, 3.63) is 17.5 Å². The average Bonchev–Trinajstić information content (AvgIpc) is 2.89. The summed E-state index contributed by atoms with van der Waals surface area (Å²) < 4.78 is 43.8. The normalized spacial score (nSPS) is 16.5. The maximum atomic E-state index is 12.6. The summed E-state index contributed by atoms with van der Waals surface area (Å²) in [4.78, 5) is 25.4. The molecule has 0 saturated carbocycles. The highest BCUT2D eigenvalue weighted by molar-refractivity contribution is 5.93. The van der Waals surface area contributed by atoms with Crippen LogP contribution in [0.15, 0.2) is 6.07 Å². The van der Waals surface area contributed by atoms with Crippen molar-refractivity contribution in [2.45, 2.75) is 25.9 Å². The number of alkyl halides is 3. The Morgan fingerprint density at radius 3 is 2.43 bits per heavy atom. The third-order valence-corrected chi connectivity index (χ3v) is 3.79. The standard InChI is InChI=1S/C14H18F3N3O3/c1-3-23-13(22)9-4-6-20(7-5-9)12(21)10-8-11(14(15,16)17)18-19(10)2/h8-9H,3-7H2,1-2H3. The van der Waals surface area contributed by atoms with Crippen LogP contribution < -0.4 is 0 Å². The molecule has 128 valence electrons. The predicted molar refractivity (Wildman–Crippen MR) is 73.5 cm³/mol. The largest absolute Gasteiger partial charge is 0.466 e. The second-order valence-electron chi connectivity index (χ2n) is 5.35. The van der Waals surface area contributed by atoms with Crippen LogP contribution >= 0.6 is 0 Å². The molecule has 0 N–H and O–H groups in total. The van der Waals surface area contributed by atoms with E-state index in [-0.39, 0.29) is 17.6 Å². The van der Waals surface area contributed by atoms with Gasteiger partial charge in [-0.1, -0.05) is 0 Å². The fourth-order valence-electron chi connectivity index (χ4n) is 2.55. The number of carbonyl (C=O) groups excluding carboxylic acids is 2. The average molecular weight is 333 g/mol. The number of carbonyl (C=O) groups is 2. The van der Waals surface area contributed by atoms with Gasteiger partial charge in [0.15, 0.2) is 5.69 Å². The first kappa shape index (κ1) is 17.3. The molecule has 1 aliphatic rings. The van der Waals surface area contributed by atoms with E-state index in [1.165, 1.54) is 11.9 Å². The van der Waals surface area contributed by atoms with Gasteiger partial charge in [-0.3, -0.25) is 14.3 Å². The molecule has 1 aromatic heterocycles. The lowest BCUT2D eigenvalue weighted by molar-refractivity contribution is -0.149. The van der Waals surface area contributed by atoms with Gasteiger partial charge in [-0.25, -0.2) is 0 Å². The molecule has 1 amide bonds. The molecule has 0 bridgehead atoms. The van der Waals surface area contributed by atoms with E-state index < -0.39 is 17.8 Å². The second-order valence-corrected chi connectivity index (χ2v) is 5.35. The van der Waals surface area contributed by atoms with Crippen LogP contribution in [0.2, 0.25) is 0 Å². The van der Waals surface area contributed by atoms with Crippen molar-refractivity contribution in [2.24, 2.45) is 13.0 Å². The lowest BCUT2D eigenvalue weighted by Gasteiger charge is -2.30. The van der Waals surface area contributed by atoms with E-state index in [9.17, 15) is 22.8 Å². The number of hydrogen-bond donors (Lipinski definition) is 0. The van der Waals surface area contributed by atoms with Gasteiger partial charge in [0.1, 0.15) is 5.69 Å². The van der Waals surface area contributed by atoms with Gasteiger partial charge in [0, 0.05) is 26.2 Å². The Hall–Kier alpha value is -2.06. The Bertz CT molecular complexity index is 590. The van der Waals surface area contributed by atoms with Crippen molar-refractivity contribution in [1.82, 2.24) is 14.7 Å². The molecule has 0 spiro atoms. The van der Waals surface area contributed by atoms with E-state index in [2.05, 4.69) is 5.10 Å². The lowest BCUT2D eigenvalue weighted by Crippen LogP contribution is -2.41. The van der Waals surface area contributed by atoms with Crippen LogP contribution in [0.5, 0.6) is 0 Å². The molecular formula is C14H18F3N3O3. The number of halogens is 3. The van der Waals surface area contributed by atoms with E-state index in [0.717, 1.165) is 10.7 Å². The van der Waals surface area contributed by atoms with Gasteiger partial charge in [0.25, 0.3) is 5.91 Å². The molecule has 6 nitrogen and oxygen atoms in total. The Balaban J connectivity index is 2.03. The van der Waals surface area contributed by atoms with Crippen molar-refractivity contribution in [1.29, 1.82) is 0 Å². The molecule has 0 aromatic carbocycles. The molecule has 2 heterocycles. The van der Waals surface area contributed by atoms with Gasteiger partial charge < -0.3 is 9.64 Å². The maximum absolute atomic E-state index is 12.6. The summed E-state index contributed by atoms with van der Waals surface area (Å²) in [5.74, 6) is -1.08. The van der Waals surface area contributed by atoms with Crippen LogP contribution in [-0.4, -0.2) is 46.3 Å². The number of rotatable bonds is 3. The quantitative estimate of drug-likeness (QED) is 0.792. The molecule has 2 rings (SSSR count). The van der Waals surface area contributed by atoms with Crippen LogP contribution in [0, 0.1) is 5.92 Å². The van der Waals surface area contributed by atoms with Crippen LogP contribution in [0.3, 0.4) is 0 Å². The molecule has 0 aliphatic carbocycles. The third-order valence-electron chi connectivity index (χ3n) is 3.79. The monoisotopic (exact) mass is 333 g/mol. The second kappa shape index (κ2) is 6.59. The number of ether oxygens (including phenoxy) is 1.